The fourth-order valence-corrected chi connectivity index (χ4v) is 6.75. The molecule has 0 radical (unpaired) electrons. The highest BCUT2D eigenvalue weighted by Gasteiger charge is 2.58. The van der Waals surface area contributed by atoms with Crippen molar-refractivity contribution in [2.75, 3.05) is 14.2 Å². The molecule has 148 valence electrons. The summed E-state index contributed by atoms with van der Waals surface area (Å²) in [4.78, 5) is 11.7. The third-order valence-electron chi connectivity index (χ3n) is 7.82. The van der Waals surface area contributed by atoms with Gasteiger partial charge in [0.15, 0.2) is 0 Å². The Bertz CT molecular complexity index is 710. The first-order chi connectivity index (χ1) is 13.0. The molecule has 1 aromatic rings. The molecule has 0 aliphatic heterocycles. The Morgan fingerprint density at radius 1 is 1.15 bits per heavy atom. The van der Waals surface area contributed by atoms with Gasteiger partial charge in [-0.05, 0) is 74.3 Å². The second kappa shape index (κ2) is 7.03. The summed E-state index contributed by atoms with van der Waals surface area (Å²) in [5, 5.41) is 0. The molecule has 5 atom stereocenters. The maximum atomic E-state index is 11.7. The highest BCUT2D eigenvalue weighted by atomic mass is 16.5. The van der Waals surface area contributed by atoms with E-state index in [1.807, 2.05) is 6.07 Å². The Hall–Kier alpha value is -1.71. The van der Waals surface area contributed by atoms with Crippen LogP contribution in [0.5, 0.6) is 11.5 Å². The molecule has 0 unspecified atom stereocenters. The molecule has 1 aromatic carbocycles. The number of hydrogen-bond donors (Lipinski definition) is 0. The molecule has 0 heterocycles. The van der Waals surface area contributed by atoms with Crippen LogP contribution in [-0.4, -0.2) is 26.3 Å². The second-order valence-corrected chi connectivity index (χ2v) is 8.62. The Balaban J connectivity index is 1.69. The first-order valence-electron chi connectivity index (χ1n) is 10.5. The van der Waals surface area contributed by atoms with E-state index in [9.17, 15) is 4.79 Å². The van der Waals surface area contributed by atoms with Crippen molar-refractivity contribution in [2.24, 2.45) is 17.3 Å². The van der Waals surface area contributed by atoms with Crippen molar-refractivity contribution in [3.05, 3.63) is 23.3 Å². The van der Waals surface area contributed by atoms with Crippen LogP contribution in [0.4, 0.5) is 0 Å². The Morgan fingerprint density at radius 3 is 2.63 bits per heavy atom. The summed E-state index contributed by atoms with van der Waals surface area (Å²) in [5.74, 6) is 3.60. The van der Waals surface area contributed by atoms with E-state index in [-0.39, 0.29) is 17.5 Å². The van der Waals surface area contributed by atoms with Crippen LogP contribution >= 0.6 is 0 Å². The van der Waals surface area contributed by atoms with Crippen LogP contribution in [0.15, 0.2) is 12.1 Å². The van der Waals surface area contributed by atoms with Gasteiger partial charge in [-0.2, -0.15) is 0 Å². The Labute approximate surface area is 162 Å². The molecular weight excluding hydrogens is 340 g/mol. The quantitative estimate of drug-likeness (QED) is 0.707. The zero-order valence-corrected chi connectivity index (χ0v) is 17.0. The lowest BCUT2D eigenvalue weighted by Gasteiger charge is -2.52. The summed E-state index contributed by atoms with van der Waals surface area (Å²) in [7, 11) is 3.49. The summed E-state index contributed by atoms with van der Waals surface area (Å²) in [5.41, 5.74) is 2.98. The van der Waals surface area contributed by atoms with Gasteiger partial charge in [0.05, 0.1) is 14.2 Å². The number of carbonyl (C=O) groups excluding carboxylic acids is 1. The minimum Gasteiger partial charge on any atom is -0.497 e. The van der Waals surface area contributed by atoms with E-state index >= 15 is 0 Å². The van der Waals surface area contributed by atoms with E-state index in [0.29, 0.717) is 17.8 Å². The third kappa shape index (κ3) is 2.83. The van der Waals surface area contributed by atoms with Gasteiger partial charge in [-0.1, -0.05) is 6.92 Å². The maximum Gasteiger partial charge on any atom is 0.302 e. The van der Waals surface area contributed by atoms with E-state index in [4.69, 9.17) is 14.2 Å². The first kappa shape index (κ1) is 18.6. The van der Waals surface area contributed by atoms with Gasteiger partial charge in [0.25, 0.3) is 0 Å². The summed E-state index contributed by atoms with van der Waals surface area (Å²) < 4.78 is 17.1. The van der Waals surface area contributed by atoms with Gasteiger partial charge >= 0.3 is 5.97 Å². The molecule has 0 N–H and O–H groups in total. The van der Waals surface area contributed by atoms with Gasteiger partial charge in [0.2, 0.25) is 0 Å². The lowest BCUT2D eigenvalue weighted by atomic mass is 9.54. The fraction of sp³-hybridized carbons (Fsp3) is 0.696. The zero-order chi connectivity index (χ0) is 19.2. The number of carbonyl (C=O) groups is 1. The van der Waals surface area contributed by atoms with Gasteiger partial charge < -0.3 is 14.2 Å². The number of rotatable bonds is 4. The smallest absolute Gasteiger partial charge is 0.302 e. The number of ether oxygens (including phenoxy) is 3. The molecule has 4 nitrogen and oxygen atoms in total. The SMILES string of the molecule is CC[C@]12CC[C@@H]3c4c(cc(OC)cc4OC)CC[C@@H]3[C@@H]1CC[C@@H]2OC(C)=O. The van der Waals surface area contributed by atoms with Crippen molar-refractivity contribution < 1.29 is 19.0 Å². The zero-order valence-electron chi connectivity index (χ0n) is 17.0. The number of methoxy groups -OCH3 is 2. The summed E-state index contributed by atoms with van der Waals surface area (Å²) in [6.07, 6.45) is 8.00. The van der Waals surface area contributed by atoms with E-state index in [0.717, 1.165) is 43.6 Å². The van der Waals surface area contributed by atoms with Gasteiger partial charge in [-0.15, -0.1) is 0 Å². The molecule has 2 fully saturated rings. The van der Waals surface area contributed by atoms with E-state index < -0.39 is 0 Å². The fourth-order valence-electron chi connectivity index (χ4n) is 6.75. The van der Waals surface area contributed by atoms with E-state index in [2.05, 4.69) is 13.0 Å². The van der Waals surface area contributed by atoms with Crippen molar-refractivity contribution in [3.8, 4) is 11.5 Å². The van der Waals surface area contributed by atoms with Gasteiger partial charge in [0.1, 0.15) is 17.6 Å². The van der Waals surface area contributed by atoms with Crippen LogP contribution in [0.25, 0.3) is 0 Å². The summed E-state index contributed by atoms with van der Waals surface area (Å²) >= 11 is 0. The van der Waals surface area contributed by atoms with Crippen molar-refractivity contribution in [2.45, 2.75) is 70.8 Å². The topological polar surface area (TPSA) is 44.8 Å². The Kier molecular flexibility index (Phi) is 4.85. The average molecular weight is 373 g/mol. The van der Waals surface area contributed by atoms with Gasteiger partial charge in [-0.25, -0.2) is 0 Å². The Morgan fingerprint density at radius 2 is 1.96 bits per heavy atom. The standard InChI is InChI=1S/C23H32O4/c1-5-23-11-10-18-17(19(23)8-9-21(23)27-14(2)24)7-6-15-12-16(25-3)13-20(26-4)22(15)18/h12-13,17-19,21H,5-11H2,1-4H3/t17-,18-,19-,21-,23-/m0/s1. The number of esters is 1. The molecule has 3 aliphatic rings. The normalized spacial score (nSPS) is 34.2. The summed E-state index contributed by atoms with van der Waals surface area (Å²) in [6.45, 7) is 3.84. The lowest BCUT2D eigenvalue weighted by molar-refractivity contribution is -0.156. The minimum absolute atomic E-state index is 0.102. The second-order valence-electron chi connectivity index (χ2n) is 8.62. The van der Waals surface area contributed by atoms with Crippen LogP contribution in [0.2, 0.25) is 0 Å². The molecule has 4 rings (SSSR count). The van der Waals surface area contributed by atoms with Crippen molar-refractivity contribution in [3.63, 3.8) is 0 Å². The number of aryl methyl sites for hydroxylation is 1. The van der Waals surface area contributed by atoms with Crippen molar-refractivity contribution in [1.82, 2.24) is 0 Å². The highest BCUT2D eigenvalue weighted by Crippen LogP contribution is 2.64. The molecule has 3 aliphatic carbocycles. The van der Waals surface area contributed by atoms with Crippen molar-refractivity contribution >= 4 is 5.97 Å². The van der Waals surface area contributed by atoms with Crippen LogP contribution in [0.1, 0.15) is 69.4 Å². The van der Waals surface area contributed by atoms with Gasteiger partial charge in [0, 0.05) is 24.0 Å². The number of benzene rings is 1. The molecule has 0 spiro atoms. The van der Waals surface area contributed by atoms with E-state index in [1.54, 1.807) is 21.1 Å². The average Bonchev–Trinajstić information content (AvgIpc) is 3.04. The van der Waals surface area contributed by atoms with E-state index in [1.165, 1.54) is 24.0 Å². The van der Waals surface area contributed by atoms with Crippen LogP contribution in [0.3, 0.4) is 0 Å². The summed E-state index contributed by atoms with van der Waals surface area (Å²) in [6, 6.07) is 4.24. The molecule has 0 saturated heterocycles. The largest absolute Gasteiger partial charge is 0.497 e. The molecule has 0 aromatic heterocycles. The molecule has 0 amide bonds. The highest BCUT2D eigenvalue weighted by molar-refractivity contribution is 5.66. The van der Waals surface area contributed by atoms with Gasteiger partial charge in [-0.3, -0.25) is 4.79 Å². The number of fused-ring (bicyclic) bond motifs is 5. The first-order valence-corrected chi connectivity index (χ1v) is 10.5. The van der Waals surface area contributed by atoms with Crippen LogP contribution < -0.4 is 9.47 Å². The lowest BCUT2D eigenvalue weighted by Crippen LogP contribution is -2.46. The molecule has 27 heavy (non-hydrogen) atoms. The monoisotopic (exact) mass is 372 g/mol. The maximum absolute atomic E-state index is 11.7. The predicted molar refractivity (Wildman–Crippen MR) is 104 cm³/mol. The third-order valence-corrected chi connectivity index (χ3v) is 7.82. The molecular formula is C23H32O4. The number of hydrogen-bond acceptors (Lipinski definition) is 4. The molecule has 4 heteroatoms. The minimum atomic E-state index is -0.127. The molecule has 0 bridgehead atoms. The van der Waals surface area contributed by atoms with Crippen LogP contribution in [-0.2, 0) is 16.0 Å². The van der Waals surface area contributed by atoms with Crippen molar-refractivity contribution in [1.29, 1.82) is 0 Å². The van der Waals surface area contributed by atoms with Crippen LogP contribution in [0, 0.1) is 17.3 Å². The predicted octanol–water partition coefficient (Wildman–Crippen LogP) is 4.88. The molecule has 2 saturated carbocycles.